The highest BCUT2D eigenvalue weighted by atomic mass is 127. The van der Waals surface area contributed by atoms with Crippen LogP contribution in [0.5, 0.6) is 0 Å². The average molecular weight is 383 g/mol. The van der Waals surface area contributed by atoms with E-state index in [9.17, 15) is 0 Å². The summed E-state index contributed by atoms with van der Waals surface area (Å²) in [4.78, 5) is 11.1. The lowest BCUT2D eigenvalue weighted by molar-refractivity contribution is 0.0921. The molecular weight excluding hydrogens is 365 g/mol. The van der Waals surface area contributed by atoms with Gasteiger partial charge in [0.1, 0.15) is 17.8 Å². The van der Waals surface area contributed by atoms with Crippen molar-refractivity contribution < 1.29 is 0 Å². The van der Waals surface area contributed by atoms with Crippen molar-refractivity contribution in [3.05, 3.63) is 16.1 Å². The van der Waals surface area contributed by atoms with Crippen LogP contribution in [-0.4, -0.2) is 39.1 Å². The zero-order chi connectivity index (χ0) is 13.7. The lowest BCUT2D eigenvalue weighted by Crippen LogP contribution is -2.43. The molecule has 2 fully saturated rings. The van der Waals surface area contributed by atoms with Crippen LogP contribution in [0.15, 0.2) is 12.5 Å². The number of nitrogens with zero attached hydrogens (tertiary/aromatic N) is 4. The molecule has 0 radical (unpaired) electrons. The highest BCUT2D eigenvalue weighted by Crippen LogP contribution is 2.41. The Bertz CT molecular complexity index is 642. The summed E-state index contributed by atoms with van der Waals surface area (Å²) in [5.74, 6) is 1.45. The molecule has 1 saturated heterocycles. The molecule has 2 aromatic rings. The van der Waals surface area contributed by atoms with Crippen molar-refractivity contribution in [3.63, 3.8) is 0 Å². The molecule has 2 aliphatic rings. The van der Waals surface area contributed by atoms with Crippen LogP contribution in [0.25, 0.3) is 11.0 Å². The maximum Gasteiger partial charge on any atom is 0.146 e. The van der Waals surface area contributed by atoms with Crippen LogP contribution in [0.2, 0.25) is 0 Å². The normalized spacial score (nSPS) is 26.4. The van der Waals surface area contributed by atoms with Crippen molar-refractivity contribution in [2.75, 3.05) is 25.4 Å². The number of hydrogen-bond donors (Lipinski definition) is 1. The quantitative estimate of drug-likeness (QED) is 0.827. The molecule has 106 valence electrons. The van der Waals surface area contributed by atoms with E-state index in [4.69, 9.17) is 5.73 Å². The molecule has 0 unspecified atom stereocenters. The van der Waals surface area contributed by atoms with Crippen LogP contribution in [-0.2, 0) is 0 Å². The van der Waals surface area contributed by atoms with Gasteiger partial charge in [-0.1, -0.05) is 0 Å². The van der Waals surface area contributed by atoms with Crippen LogP contribution in [0.3, 0.4) is 0 Å². The number of halogens is 1. The van der Waals surface area contributed by atoms with Crippen molar-refractivity contribution in [2.24, 2.45) is 5.92 Å². The Kier molecular flexibility index (Phi) is 3.10. The van der Waals surface area contributed by atoms with E-state index in [1.54, 1.807) is 6.33 Å². The Morgan fingerprint density at radius 2 is 2.10 bits per heavy atom. The van der Waals surface area contributed by atoms with Gasteiger partial charge in [-0.25, -0.2) is 9.97 Å². The van der Waals surface area contributed by atoms with Gasteiger partial charge in [0.05, 0.1) is 5.39 Å². The van der Waals surface area contributed by atoms with Gasteiger partial charge in [0, 0.05) is 22.4 Å². The molecule has 4 rings (SSSR count). The van der Waals surface area contributed by atoms with Crippen LogP contribution >= 0.6 is 22.6 Å². The van der Waals surface area contributed by atoms with Crippen LogP contribution in [0.4, 0.5) is 5.82 Å². The Morgan fingerprint density at radius 3 is 2.80 bits per heavy atom. The number of nitrogen functional groups attached to an aromatic ring is 1. The second-order valence-electron chi connectivity index (χ2n) is 5.99. The molecule has 0 spiro atoms. The van der Waals surface area contributed by atoms with Gasteiger partial charge in [-0.3, -0.25) is 0 Å². The Labute approximate surface area is 131 Å². The smallest absolute Gasteiger partial charge is 0.146 e. The molecule has 0 aromatic carbocycles. The summed E-state index contributed by atoms with van der Waals surface area (Å²) >= 11 is 2.33. The van der Waals surface area contributed by atoms with E-state index in [-0.39, 0.29) is 0 Å². The van der Waals surface area contributed by atoms with Crippen molar-refractivity contribution in [2.45, 2.75) is 25.3 Å². The largest absolute Gasteiger partial charge is 0.383 e. The van der Waals surface area contributed by atoms with E-state index < -0.39 is 0 Å². The van der Waals surface area contributed by atoms with E-state index >= 15 is 0 Å². The maximum absolute atomic E-state index is 5.97. The molecule has 0 amide bonds. The summed E-state index contributed by atoms with van der Waals surface area (Å²) in [5.41, 5.74) is 6.97. The molecule has 1 aliphatic carbocycles. The second-order valence-corrected chi connectivity index (χ2v) is 7.15. The first-order valence-electron chi connectivity index (χ1n) is 7.21. The highest BCUT2D eigenvalue weighted by Gasteiger charge is 2.34. The van der Waals surface area contributed by atoms with Gasteiger partial charge in [-0.15, -0.1) is 0 Å². The molecule has 2 aromatic heterocycles. The third-order valence-electron chi connectivity index (χ3n) is 4.66. The number of rotatable bonds is 3. The number of nitrogens with two attached hydrogens (primary N) is 1. The zero-order valence-electron chi connectivity index (χ0n) is 11.3. The molecule has 0 atom stereocenters. The summed E-state index contributed by atoms with van der Waals surface area (Å²) in [7, 11) is 0. The first kappa shape index (κ1) is 12.8. The van der Waals surface area contributed by atoms with Crippen LogP contribution in [0, 0.1) is 9.49 Å². The van der Waals surface area contributed by atoms with Gasteiger partial charge in [-0.05, 0) is 60.9 Å². The predicted molar refractivity (Wildman–Crippen MR) is 87.5 cm³/mol. The minimum absolute atomic E-state index is 0.585. The minimum Gasteiger partial charge on any atom is -0.383 e. The standard InChI is InChI=1S/C14H18IN5/c15-11-7-20(14-12(11)13(16)17-8-18-14)10-4-9(5-10)6-19-2-1-3-19/h7-10H,1-6H2,(H2,16,17,18). The molecule has 1 saturated carbocycles. The van der Waals surface area contributed by atoms with E-state index in [2.05, 4.69) is 48.2 Å². The molecular formula is C14H18IN5. The topological polar surface area (TPSA) is 60.0 Å². The van der Waals surface area contributed by atoms with Gasteiger partial charge in [-0.2, -0.15) is 0 Å². The van der Waals surface area contributed by atoms with Gasteiger partial charge in [0.15, 0.2) is 0 Å². The summed E-state index contributed by atoms with van der Waals surface area (Å²) in [6, 6.07) is 0.585. The fourth-order valence-corrected chi connectivity index (χ4v) is 4.16. The zero-order valence-corrected chi connectivity index (χ0v) is 13.5. The summed E-state index contributed by atoms with van der Waals surface area (Å²) in [6.45, 7) is 3.88. The lowest BCUT2D eigenvalue weighted by Gasteiger charge is -2.42. The second kappa shape index (κ2) is 4.84. The third kappa shape index (κ3) is 2.00. The number of hydrogen-bond acceptors (Lipinski definition) is 4. The molecule has 3 heterocycles. The van der Waals surface area contributed by atoms with Crippen molar-refractivity contribution in [3.8, 4) is 0 Å². The molecule has 1 aliphatic heterocycles. The number of fused-ring (bicyclic) bond motifs is 1. The van der Waals surface area contributed by atoms with Gasteiger partial charge in [0.2, 0.25) is 0 Å². The molecule has 20 heavy (non-hydrogen) atoms. The number of likely N-dealkylation sites (tertiary alicyclic amines) is 1. The van der Waals surface area contributed by atoms with Crippen molar-refractivity contribution in [1.82, 2.24) is 19.4 Å². The van der Waals surface area contributed by atoms with E-state index in [1.807, 2.05) is 0 Å². The fourth-order valence-electron chi connectivity index (χ4n) is 3.35. The fraction of sp³-hybridized carbons (Fsp3) is 0.571. The first-order valence-corrected chi connectivity index (χ1v) is 8.29. The maximum atomic E-state index is 5.97. The Balaban J connectivity index is 1.54. The molecule has 0 bridgehead atoms. The van der Waals surface area contributed by atoms with Crippen LogP contribution < -0.4 is 5.73 Å². The lowest BCUT2D eigenvalue weighted by atomic mass is 9.79. The summed E-state index contributed by atoms with van der Waals surface area (Å²) in [6.07, 6.45) is 7.66. The number of aromatic nitrogens is 3. The summed E-state index contributed by atoms with van der Waals surface area (Å²) < 4.78 is 3.46. The van der Waals surface area contributed by atoms with Gasteiger partial charge < -0.3 is 15.2 Å². The minimum atomic E-state index is 0.585. The Morgan fingerprint density at radius 1 is 1.30 bits per heavy atom. The van der Waals surface area contributed by atoms with Crippen LogP contribution in [0.1, 0.15) is 25.3 Å². The van der Waals surface area contributed by atoms with E-state index in [0.717, 1.165) is 20.5 Å². The van der Waals surface area contributed by atoms with E-state index in [0.29, 0.717) is 11.9 Å². The monoisotopic (exact) mass is 383 g/mol. The predicted octanol–water partition coefficient (Wildman–Crippen LogP) is 2.27. The van der Waals surface area contributed by atoms with E-state index in [1.165, 1.54) is 38.9 Å². The SMILES string of the molecule is Nc1ncnc2c1c(I)cn2C1CC(CN2CCC2)C1. The molecule has 5 nitrogen and oxygen atoms in total. The van der Waals surface area contributed by atoms with Crippen molar-refractivity contribution in [1.29, 1.82) is 0 Å². The first-order chi connectivity index (χ1) is 9.72. The summed E-state index contributed by atoms with van der Waals surface area (Å²) in [5, 5.41) is 1.01. The molecule has 2 N–H and O–H groups in total. The average Bonchev–Trinajstić information content (AvgIpc) is 2.64. The number of anilines is 1. The van der Waals surface area contributed by atoms with Gasteiger partial charge >= 0.3 is 0 Å². The Hall–Kier alpha value is -0.890. The molecule has 6 heteroatoms. The third-order valence-corrected chi connectivity index (χ3v) is 5.48. The van der Waals surface area contributed by atoms with Crippen molar-refractivity contribution >= 4 is 39.4 Å². The van der Waals surface area contributed by atoms with Gasteiger partial charge in [0.25, 0.3) is 0 Å². The highest BCUT2D eigenvalue weighted by molar-refractivity contribution is 14.1.